The zero-order valence-electron chi connectivity index (χ0n) is 18.5. The molecule has 170 valence electrons. The quantitative estimate of drug-likeness (QED) is 0.189. The Labute approximate surface area is 206 Å². The largest absolute Gasteiger partial charge is 0.494 e. The van der Waals surface area contributed by atoms with Crippen molar-refractivity contribution in [1.29, 1.82) is 0 Å². The van der Waals surface area contributed by atoms with Crippen LogP contribution >= 0.6 is 34.7 Å². The number of aromatic nitrogens is 2. The number of anilines is 1. The minimum absolute atomic E-state index is 0.0474. The lowest BCUT2D eigenvalue weighted by Gasteiger charge is -2.20. The van der Waals surface area contributed by atoms with Gasteiger partial charge in [-0.15, -0.1) is 11.8 Å². The molecule has 2 heterocycles. The van der Waals surface area contributed by atoms with Gasteiger partial charge in [0, 0.05) is 28.7 Å². The van der Waals surface area contributed by atoms with Crippen molar-refractivity contribution in [1.82, 2.24) is 9.97 Å². The van der Waals surface area contributed by atoms with Crippen LogP contribution in [0.2, 0.25) is 5.02 Å². The third kappa shape index (κ3) is 5.85. The molecule has 0 aliphatic rings. The van der Waals surface area contributed by atoms with Crippen LogP contribution in [-0.4, -0.2) is 28.7 Å². The molecular weight excluding hydrogens is 474 g/mol. The van der Waals surface area contributed by atoms with Crippen LogP contribution < -0.4 is 9.64 Å². The third-order valence-electron chi connectivity index (χ3n) is 5.12. The number of thiazole rings is 1. The summed E-state index contributed by atoms with van der Waals surface area (Å²) >= 11 is 9.20. The van der Waals surface area contributed by atoms with Gasteiger partial charge in [-0.3, -0.25) is 14.7 Å². The van der Waals surface area contributed by atoms with Crippen molar-refractivity contribution in [3.63, 3.8) is 0 Å². The van der Waals surface area contributed by atoms with Crippen molar-refractivity contribution < 1.29 is 9.53 Å². The molecule has 1 amide bonds. The molecule has 0 unspecified atom stereocenters. The predicted molar refractivity (Wildman–Crippen MR) is 138 cm³/mol. The number of benzene rings is 2. The molecule has 0 fully saturated rings. The van der Waals surface area contributed by atoms with Crippen molar-refractivity contribution in [2.75, 3.05) is 17.8 Å². The summed E-state index contributed by atoms with van der Waals surface area (Å²) in [6.45, 7) is 2.48. The van der Waals surface area contributed by atoms with Gasteiger partial charge in [0.2, 0.25) is 5.91 Å². The van der Waals surface area contributed by atoms with Crippen molar-refractivity contribution >= 4 is 56.0 Å². The number of thioether (sulfide) groups is 1. The SMILES string of the molecule is COc1ccc(C)c2sc(N(Cc3cccnc3)C(=O)CCCSc3ccc(Cl)cc3)nc12. The molecule has 5 nitrogen and oxygen atoms in total. The van der Waals surface area contributed by atoms with E-state index in [1.165, 1.54) is 11.3 Å². The van der Waals surface area contributed by atoms with E-state index < -0.39 is 0 Å². The molecule has 0 spiro atoms. The smallest absolute Gasteiger partial charge is 0.229 e. The molecule has 4 rings (SSSR count). The maximum Gasteiger partial charge on any atom is 0.229 e. The average molecular weight is 498 g/mol. The zero-order valence-corrected chi connectivity index (χ0v) is 20.8. The Bertz CT molecular complexity index is 1230. The highest BCUT2D eigenvalue weighted by molar-refractivity contribution is 7.99. The molecule has 0 radical (unpaired) electrons. The Kier molecular flexibility index (Phi) is 7.85. The Balaban J connectivity index is 1.52. The van der Waals surface area contributed by atoms with Crippen molar-refractivity contribution in [2.45, 2.75) is 31.2 Å². The summed E-state index contributed by atoms with van der Waals surface area (Å²) in [5, 5.41) is 1.40. The van der Waals surface area contributed by atoms with Crippen LogP contribution in [0.4, 0.5) is 5.13 Å². The van der Waals surface area contributed by atoms with Crippen molar-refractivity contribution in [3.8, 4) is 5.75 Å². The predicted octanol–water partition coefficient (Wildman–Crippen LogP) is 6.77. The molecule has 2 aromatic heterocycles. The van der Waals surface area contributed by atoms with E-state index in [4.69, 9.17) is 21.3 Å². The van der Waals surface area contributed by atoms with Gasteiger partial charge in [0.15, 0.2) is 5.13 Å². The zero-order chi connectivity index (χ0) is 23.2. The van der Waals surface area contributed by atoms with Crippen LogP contribution in [-0.2, 0) is 11.3 Å². The van der Waals surface area contributed by atoms with E-state index in [2.05, 4.69) is 4.98 Å². The highest BCUT2D eigenvalue weighted by Gasteiger charge is 2.22. The maximum absolute atomic E-state index is 13.3. The average Bonchev–Trinajstić information content (AvgIpc) is 3.28. The first kappa shape index (κ1) is 23.5. The number of nitrogens with zero attached hydrogens (tertiary/aromatic N) is 3. The van der Waals surface area contributed by atoms with Crippen LogP contribution in [0.5, 0.6) is 5.75 Å². The Hall–Kier alpha value is -2.61. The summed E-state index contributed by atoms with van der Waals surface area (Å²) in [6.07, 6.45) is 4.72. The number of aryl methyl sites for hydroxylation is 1. The number of halogens is 1. The van der Waals surface area contributed by atoms with Crippen molar-refractivity contribution in [3.05, 3.63) is 77.1 Å². The van der Waals surface area contributed by atoms with Gasteiger partial charge in [-0.25, -0.2) is 4.98 Å². The van der Waals surface area contributed by atoms with Crippen LogP contribution in [0.25, 0.3) is 10.2 Å². The number of hydrogen-bond acceptors (Lipinski definition) is 6. The number of rotatable bonds is 9. The molecule has 8 heteroatoms. The minimum Gasteiger partial charge on any atom is -0.494 e. The molecule has 0 bridgehead atoms. The minimum atomic E-state index is 0.0474. The molecule has 4 aromatic rings. The number of pyridine rings is 1. The molecule has 0 saturated carbocycles. The maximum atomic E-state index is 13.3. The van der Waals surface area contributed by atoms with E-state index in [9.17, 15) is 4.79 Å². The second-order valence-electron chi connectivity index (χ2n) is 7.51. The van der Waals surface area contributed by atoms with Gasteiger partial charge < -0.3 is 4.74 Å². The van der Waals surface area contributed by atoms with Gasteiger partial charge in [-0.1, -0.05) is 35.1 Å². The Morgan fingerprint density at radius 3 is 2.73 bits per heavy atom. The number of fused-ring (bicyclic) bond motifs is 1. The van der Waals surface area contributed by atoms with Gasteiger partial charge in [0.1, 0.15) is 11.3 Å². The van der Waals surface area contributed by atoms with Gasteiger partial charge in [0.25, 0.3) is 0 Å². The highest BCUT2D eigenvalue weighted by atomic mass is 35.5. The van der Waals surface area contributed by atoms with Gasteiger partial charge in [0.05, 0.1) is 18.4 Å². The summed E-state index contributed by atoms with van der Waals surface area (Å²) < 4.78 is 6.54. The summed E-state index contributed by atoms with van der Waals surface area (Å²) in [7, 11) is 1.64. The number of carbonyl (C=O) groups is 1. The van der Waals surface area contributed by atoms with E-state index in [0.29, 0.717) is 23.8 Å². The van der Waals surface area contributed by atoms with Crippen molar-refractivity contribution in [2.24, 2.45) is 0 Å². The highest BCUT2D eigenvalue weighted by Crippen LogP contribution is 2.37. The monoisotopic (exact) mass is 497 g/mol. The number of amides is 1. The third-order valence-corrected chi connectivity index (χ3v) is 7.69. The van der Waals surface area contributed by atoms with E-state index in [1.807, 2.05) is 55.5 Å². The van der Waals surface area contributed by atoms with Crippen LogP contribution in [0, 0.1) is 6.92 Å². The van der Waals surface area contributed by atoms with E-state index in [-0.39, 0.29) is 5.91 Å². The second kappa shape index (κ2) is 11.0. The molecule has 0 aliphatic heterocycles. The Morgan fingerprint density at radius 1 is 1.18 bits per heavy atom. The van der Waals surface area contributed by atoms with E-state index in [0.717, 1.165) is 43.4 Å². The van der Waals surface area contributed by atoms with E-state index >= 15 is 0 Å². The summed E-state index contributed by atoms with van der Waals surface area (Å²) in [5.41, 5.74) is 2.87. The summed E-state index contributed by atoms with van der Waals surface area (Å²) in [5.74, 6) is 1.61. The van der Waals surface area contributed by atoms with Gasteiger partial charge in [-0.2, -0.15) is 0 Å². The fourth-order valence-electron chi connectivity index (χ4n) is 3.39. The lowest BCUT2D eigenvalue weighted by Crippen LogP contribution is -2.30. The molecule has 2 aromatic carbocycles. The second-order valence-corrected chi connectivity index (χ2v) is 10.1. The first-order valence-corrected chi connectivity index (χ1v) is 12.7. The number of hydrogen-bond donors (Lipinski definition) is 0. The lowest BCUT2D eigenvalue weighted by atomic mass is 10.2. The van der Waals surface area contributed by atoms with Gasteiger partial charge >= 0.3 is 0 Å². The molecule has 33 heavy (non-hydrogen) atoms. The first-order valence-electron chi connectivity index (χ1n) is 10.6. The molecule has 0 atom stereocenters. The normalized spacial score (nSPS) is 11.0. The molecular formula is C25H24ClN3O2S2. The van der Waals surface area contributed by atoms with Gasteiger partial charge in [-0.05, 0) is 66.6 Å². The van der Waals surface area contributed by atoms with Crippen LogP contribution in [0.1, 0.15) is 24.0 Å². The number of carbonyl (C=O) groups excluding carboxylic acids is 1. The molecule has 0 N–H and O–H groups in total. The Morgan fingerprint density at radius 2 is 2.00 bits per heavy atom. The van der Waals surface area contributed by atoms with E-state index in [1.54, 1.807) is 36.2 Å². The first-order chi connectivity index (χ1) is 16.0. The molecule has 0 aliphatic carbocycles. The van der Waals surface area contributed by atoms with Crippen LogP contribution in [0.15, 0.2) is 65.8 Å². The topological polar surface area (TPSA) is 55.3 Å². The summed E-state index contributed by atoms with van der Waals surface area (Å²) in [4.78, 5) is 25.3. The lowest BCUT2D eigenvalue weighted by molar-refractivity contribution is -0.118. The standard InChI is InChI=1S/C25H24ClN3O2S2/c1-17-7-12-21(31-2)23-24(17)33-25(28-23)29(16-18-5-3-13-27-15-18)22(30)6-4-14-32-20-10-8-19(26)9-11-20/h3,5,7-13,15H,4,6,14,16H2,1-2H3. The number of ether oxygens (including phenoxy) is 1. The van der Waals surface area contributed by atoms with Crippen LogP contribution in [0.3, 0.4) is 0 Å². The molecule has 0 saturated heterocycles. The fraction of sp³-hybridized carbons (Fsp3) is 0.240. The fourth-order valence-corrected chi connectivity index (χ4v) is 5.44. The number of methoxy groups -OCH3 is 1. The summed E-state index contributed by atoms with van der Waals surface area (Å²) in [6, 6.07) is 15.6.